The lowest BCUT2D eigenvalue weighted by atomic mass is 10.0. The molecule has 0 aliphatic heterocycles. The lowest BCUT2D eigenvalue weighted by Crippen LogP contribution is -2.10. The highest BCUT2D eigenvalue weighted by molar-refractivity contribution is 6.19. The molecule has 2 aromatic heterocycles. The number of para-hydroxylation sites is 4. The highest BCUT2D eigenvalue weighted by Gasteiger charge is 2.20. The van der Waals surface area contributed by atoms with Gasteiger partial charge in [0.2, 0.25) is 0 Å². The fraction of sp³-hybridized carbons (Fsp3) is 0. The Labute approximate surface area is 359 Å². The topological polar surface area (TPSA) is 24.6 Å². The number of benzene rings is 10. The van der Waals surface area contributed by atoms with Crippen molar-refractivity contribution in [2.45, 2.75) is 0 Å². The molecule has 0 saturated carbocycles. The molecule has 62 heavy (non-hydrogen) atoms. The van der Waals surface area contributed by atoms with Gasteiger partial charge < -0.3 is 18.8 Å². The smallest absolute Gasteiger partial charge is 0.135 e. The van der Waals surface area contributed by atoms with E-state index in [1.165, 1.54) is 32.6 Å². The second-order valence-electron chi connectivity index (χ2n) is 15.8. The van der Waals surface area contributed by atoms with Crippen molar-refractivity contribution in [3.8, 4) is 16.8 Å². The Morgan fingerprint density at radius 1 is 0.306 bits per heavy atom. The second kappa shape index (κ2) is 14.7. The minimum absolute atomic E-state index is 0.887. The van der Waals surface area contributed by atoms with E-state index in [1.54, 1.807) is 0 Å². The SMILES string of the molecule is c1ccc(N(c2ccc(-c3ccc(N(c4ccccc4)c4ccc5c(c4)c4ccc6ccccc6c4n5-c4ccccc4)cc3)cc2)c2ccc3oc4ccccc4c3c2)cc1. The Hall–Kier alpha value is -8.34. The molecule has 0 unspecified atom stereocenters. The van der Waals surface area contributed by atoms with Crippen LogP contribution in [0.5, 0.6) is 0 Å². The Morgan fingerprint density at radius 3 is 1.44 bits per heavy atom. The number of furan rings is 1. The standard InChI is InChI=1S/C58H39N3O/c1-4-15-43(16-5-1)59(48-33-36-55-53(38-48)52-35-28-42-14-10-11-21-50(42)58(52)61(55)45-19-8-3-9-20-45)46-29-24-40(25-30-46)41-26-31-47(32-27-41)60(44-17-6-2-7-18-44)49-34-37-57-54(39-49)51-22-12-13-23-56(51)62-57/h1-39H. The van der Waals surface area contributed by atoms with Gasteiger partial charge in [-0.1, -0.05) is 133 Å². The van der Waals surface area contributed by atoms with Gasteiger partial charge in [0.25, 0.3) is 0 Å². The molecule has 12 rings (SSSR count). The van der Waals surface area contributed by atoms with Gasteiger partial charge >= 0.3 is 0 Å². The van der Waals surface area contributed by atoms with E-state index >= 15 is 0 Å². The van der Waals surface area contributed by atoms with E-state index in [0.29, 0.717) is 0 Å². The van der Waals surface area contributed by atoms with Crippen molar-refractivity contribution in [3.63, 3.8) is 0 Å². The van der Waals surface area contributed by atoms with E-state index in [4.69, 9.17) is 4.42 Å². The number of hydrogen-bond donors (Lipinski definition) is 0. The Kier molecular flexibility index (Phi) is 8.46. The lowest BCUT2D eigenvalue weighted by Gasteiger charge is -2.26. The maximum atomic E-state index is 6.18. The van der Waals surface area contributed by atoms with E-state index < -0.39 is 0 Å². The van der Waals surface area contributed by atoms with Crippen molar-refractivity contribution < 1.29 is 4.42 Å². The van der Waals surface area contributed by atoms with Gasteiger partial charge in [0.1, 0.15) is 11.2 Å². The average Bonchev–Trinajstić information content (AvgIpc) is 3.89. The van der Waals surface area contributed by atoms with Gasteiger partial charge in [-0.05, 0) is 120 Å². The van der Waals surface area contributed by atoms with Crippen LogP contribution in [0.2, 0.25) is 0 Å². The fourth-order valence-electron chi connectivity index (χ4n) is 9.26. The minimum Gasteiger partial charge on any atom is -0.456 e. The Morgan fingerprint density at radius 2 is 0.790 bits per heavy atom. The predicted octanol–water partition coefficient (Wildman–Crippen LogP) is 16.4. The molecule has 0 amide bonds. The Balaban J connectivity index is 0.921. The van der Waals surface area contributed by atoms with Gasteiger partial charge in [-0.2, -0.15) is 0 Å². The summed E-state index contributed by atoms with van der Waals surface area (Å²) < 4.78 is 8.59. The molecule has 0 N–H and O–H groups in total. The first-order valence-electron chi connectivity index (χ1n) is 21.1. The van der Waals surface area contributed by atoms with E-state index in [2.05, 4.69) is 239 Å². The zero-order valence-electron chi connectivity index (χ0n) is 33.8. The summed E-state index contributed by atoms with van der Waals surface area (Å²) in [5, 5.41) is 7.15. The van der Waals surface area contributed by atoms with Crippen LogP contribution in [0.25, 0.3) is 71.3 Å². The van der Waals surface area contributed by atoms with E-state index in [1.807, 2.05) is 12.1 Å². The monoisotopic (exact) mass is 793 g/mol. The van der Waals surface area contributed by atoms with Crippen molar-refractivity contribution in [2.24, 2.45) is 0 Å². The van der Waals surface area contributed by atoms with Gasteiger partial charge in [0, 0.05) is 66.7 Å². The number of rotatable bonds is 8. The van der Waals surface area contributed by atoms with Crippen LogP contribution < -0.4 is 9.80 Å². The molecular weight excluding hydrogens is 755 g/mol. The van der Waals surface area contributed by atoms with E-state index in [-0.39, 0.29) is 0 Å². The summed E-state index contributed by atoms with van der Waals surface area (Å²) in [5.41, 5.74) is 14.2. The van der Waals surface area contributed by atoms with Crippen molar-refractivity contribution in [2.75, 3.05) is 9.80 Å². The molecular formula is C58H39N3O. The number of fused-ring (bicyclic) bond motifs is 8. The number of aromatic nitrogens is 1. The molecule has 10 aromatic carbocycles. The van der Waals surface area contributed by atoms with Crippen LogP contribution in [0.4, 0.5) is 34.1 Å². The summed E-state index contributed by atoms with van der Waals surface area (Å²) in [6.07, 6.45) is 0. The summed E-state index contributed by atoms with van der Waals surface area (Å²) in [6, 6.07) is 84.6. The van der Waals surface area contributed by atoms with Gasteiger partial charge in [0.15, 0.2) is 0 Å². The third-order valence-electron chi connectivity index (χ3n) is 12.1. The molecule has 4 nitrogen and oxygen atoms in total. The average molecular weight is 794 g/mol. The first-order valence-corrected chi connectivity index (χ1v) is 21.1. The molecule has 2 heterocycles. The van der Waals surface area contributed by atoms with Crippen LogP contribution in [0.1, 0.15) is 0 Å². The second-order valence-corrected chi connectivity index (χ2v) is 15.8. The first-order chi connectivity index (χ1) is 30.7. The number of anilines is 6. The van der Waals surface area contributed by atoms with Gasteiger partial charge in [-0.3, -0.25) is 0 Å². The van der Waals surface area contributed by atoms with Crippen LogP contribution in [0.15, 0.2) is 241 Å². The first kappa shape index (κ1) is 35.6. The summed E-state index contributed by atoms with van der Waals surface area (Å²) in [6.45, 7) is 0. The normalized spacial score (nSPS) is 11.5. The maximum Gasteiger partial charge on any atom is 0.135 e. The molecule has 4 heteroatoms. The molecule has 0 radical (unpaired) electrons. The molecule has 0 spiro atoms. The van der Waals surface area contributed by atoms with E-state index in [0.717, 1.165) is 72.9 Å². The summed E-state index contributed by atoms with van der Waals surface area (Å²) in [5.74, 6) is 0. The van der Waals surface area contributed by atoms with Crippen LogP contribution in [0, 0.1) is 0 Å². The summed E-state index contributed by atoms with van der Waals surface area (Å²) >= 11 is 0. The maximum absolute atomic E-state index is 6.18. The zero-order chi connectivity index (χ0) is 41.0. The molecule has 0 atom stereocenters. The molecule has 12 aromatic rings. The van der Waals surface area contributed by atoms with Crippen molar-refractivity contribution in [3.05, 3.63) is 237 Å². The van der Waals surface area contributed by atoms with Crippen molar-refractivity contribution in [1.82, 2.24) is 4.57 Å². The number of hydrogen-bond acceptors (Lipinski definition) is 3. The van der Waals surface area contributed by atoms with Gasteiger partial charge in [0.05, 0.1) is 11.0 Å². The molecule has 0 fully saturated rings. The third-order valence-corrected chi connectivity index (χ3v) is 12.1. The highest BCUT2D eigenvalue weighted by Crippen LogP contribution is 2.43. The summed E-state index contributed by atoms with van der Waals surface area (Å²) in [7, 11) is 0. The fourth-order valence-corrected chi connectivity index (χ4v) is 9.26. The molecule has 292 valence electrons. The quantitative estimate of drug-likeness (QED) is 0.153. The van der Waals surface area contributed by atoms with Crippen molar-refractivity contribution >= 4 is 88.6 Å². The zero-order valence-corrected chi connectivity index (χ0v) is 33.8. The highest BCUT2D eigenvalue weighted by atomic mass is 16.3. The van der Waals surface area contributed by atoms with Gasteiger partial charge in [-0.25, -0.2) is 0 Å². The molecule has 0 bridgehead atoms. The third kappa shape index (κ3) is 6.00. The lowest BCUT2D eigenvalue weighted by molar-refractivity contribution is 0.669. The minimum atomic E-state index is 0.887. The molecule has 0 aliphatic carbocycles. The van der Waals surface area contributed by atoms with Crippen molar-refractivity contribution in [1.29, 1.82) is 0 Å². The van der Waals surface area contributed by atoms with Crippen LogP contribution in [0.3, 0.4) is 0 Å². The van der Waals surface area contributed by atoms with Crippen LogP contribution in [-0.4, -0.2) is 4.57 Å². The predicted molar refractivity (Wildman–Crippen MR) is 260 cm³/mol. The van der Waals surface area contributed by atoms with Crippen LogP contribution >= 0.6 is 0 Å². The molecule has 0 saturated heterocycles. The molecule has 0 aliphatic rings. The van der Waals surface area contributed by atoms with E-state index in [9.17, 15) is 0 Å². The van der Waals surface area contributed by atoms with Gasteiger partial charge in [-0.15, -0.1) is 0 Å². The van der Waals surface area contributed by atoms with Crippen LogP contribution in [-0.2, 0) is 0 Å². The summed E-state index contributed by atoms with van der Waals surface area (Å²) in [4.78, 5) is 4.67. The number of nitrogens with zero attached hydrogens (tertiary/aromatic N) is 3. The Bertz CT molecular complexity index is 3560. The largest absolute Gasteiger partial charge is 0.456 e.